The molecule has 0 aromatic heterocycles. The molecule has 212 valence electrons. The lowest BCUT2D eigenvalue weighted by Crippen LogP contribution is -2.48. The summed E-state index contributed by atoms with van der Waals surface area (Å²) in [5.74, 6) is 0.750. The molecule has 11 heteroatoms. The molecule has 2 amide bonds. The summed E-state index contributed by atoms with van der Waals surface area (Å²) in [7, 11) is 1.55. The predicted molar refractivity (Wildman–Crippen MR) is 166 cm³/mol. The molecule has 3 aromatic carbocycles. The predicted octanol–water partition coefficient (Wildman–Crippen LogP) is 6.49. The van der Waals surface area contributed by atoms with Crippen molar-refractivity contribution in [3.63, 3.8) is 0 Å². The minimum absolute atomic E-state index is 0.173. The second-order valence-corrected chi connectivity index (χ2v) is 11.0. The van der Waals surface area contributed by atoms with Gasteiger partial charge in [-0.3, -0.25) is 9.59 Å². The van der Waals surface area contributed by atoms with Gasteiger partial charge in [0.05, 0.1) is 23.5 Å². The average Bonchev–Trinajstić information content (AvgIpc) is 2.92. The number of hydrogen-bond acceptors (Lipinski definition) is 6. The van der Waals surface area contributed by atoms with Gasteiger partial charge in [-0.2, -0.15) is 5.10 Å². The molecule has 0 radical (unpaired) electrons. The molecule has 1 atom stereocenters. The smallest absolute Gasteiger partial charge is 0.262 e. The summed E-state index contributed by atoms with van der Waals surface area (Å²) in [6.07, 6.45) is 1.51. The highest BCUT2D eigenvalue weighted by Crippen LogP contribution is 2.35. The minimum Gasteiger partial charge on any atom is -0.497 e. The fourth-order valence-electron chi connectivity index (χ4n) is 3.60. The van der Waals surface area contributed by atoms with E-state index in [1.165, 1.54) is 6.21 Å². The molecule has 0 heterocycles. The van der Waals surface area contributed by atoms with Gasteiger partial charge in [-0.1, -0.05) is 43.1 Å². The van der Waals surface area contributed by atoms with E-state index in [9.17, 15) is 9.59 Å². The van der Waals surface area contributed by atoms with Gasteiger partial charge in [0.25, 0.3) is 11.8 Å². The Morgan fingerprint density at radius 2 is 1.77 bits per heavy atom. The maximum Gasteiger partial charge on any atom is 0.262 e. The van der Waals surface area contributed by atoms with Gasteiger partial charge in [-0.15, -0.1) is 0 Å². The van der Waals surface area contributed by atoms with Crippen molar-refractivity contribution in [3.05, 3.63) is 84.9 Å². The van der Waals surface area contributed by atoms with Crippen LogP contribution in [-0.4, -0.2) is 37.8 Å². The summed E-state index contributed by atoms with van der Waals surface area (Å²) in [4.78, 5) is 25.6. The zero-order valence-electron chi connectivity index (χ0n) is 22.5. The van der Waals surface area contributed by atoms with Gasteiger partial charge < -0.3 is 19.5 Å². The van der Waals surface area contributed by atoms with Crippen molar-refractivity contribution in [2.45, 2.75) is 33.4 Å². The topological polar surface area (TPSA) is 98.2 Å². The Bertz CT molecular complexity index is 1370. The third-order valence-corrected chi connectivity index (χ3v) is 7.08. The van der Waals surface area contributed by atoms with Crippen molar-refractivity contribution in [1.29, 1.82) is 0 Å². The van der Waals surface area contributed by atoms with E-state index in [1.54, 1.807) is 49.6 Å². The number of nitrogens with zero attached hydrogens (tertiary/aromatic N) is 1. The molecule has 3 aromatic rings. The van der Waals surface area contributed by atoms with E-state index >= 15 is 0 Å². The van der Waals surface area contributed by atoms with Crippen LogP contribution in [0.2, 0.25) is 10.0 Å². The van der Waals surface area contributed by atoms with Crippen molar-refractivity contribution in [3.8, 4) is 17.2 Å². The van der Waals surface area contributed by atoms with E-state index in [2.05, 4.69) is 38.4 Å². The number of hydrogen-bond donors (Lipinski definition) is 2. The van der Waals surface area contributed by atoms with Crippen molar-refractivity contribution in [1.82, 2.24) is 10.7 Å². The maximum atomic E-state index is 12.9. The highest BCUT2D eigenvalue weighted by atomic mass is 127. The molecule has 0 aliphatic heterocycles. The van der Waals surface area contributed by atoms with Gasteiger partial charge in [-0.25, -0.2) is 5.43 Å². The maximum absolute atomic E-state index is 12.9. The number of carbonyl (C=O) groups is 2. The molecule has 1 unspecified atom stereocenters. The van der Waals surface area contributed by atoms with Gasteiger partial charge in [0.15, 0.2) is 11.5 Å². The van der Waals surface area contributed by atoms with Crippen LogP contribution in [0.3, 0.4) is 0 Å². The molecule has 2 N–H and O–H groups in total. The molecule has 0 bridgehead atoms. The first-order valence-electron chi connectivity index (χ1n) is 12.4. The minimum atomic E-state index is -0.790. The van der Waals surface area contributed by atoms with Gasteiger partial charge in [0, 0.05) is 21.2 Å². The fourth-order valence-corrected chi connectivity index (χ4v) is 4.84. The quantitative estimate of drug-likeness (QED) is 0.128. The Balaban J connectivity index is 1.68. The van der Waals surface area contributed by atoms with Crippen LogP contribution in [0.15, 0.2) is 59.7 Å². The summed E-state index contributed by atoms with van der Waals surface area (Å²) in [6.45, 7) is 6.22. The molecule has 0 aliphatic carbocycles. The van der Waals surface area contributed by atoms with E-state index < -0.39 is 11.9 Å². The first-order valence-corrected chi connectivity index (χ1v) is 14.3. The highest BCUT2D eigenvalue weighted by molar-refractivity contribution is 14.1. The second kappa shape index (κ2) is 15.1. The van der Waals surface area contributed by atoms with Crippen LogP contribution < -0.4 is 25.0 Å². The fraction of sp³-hybridized carbons (Fsp3) is 0.276. The molecular formula is C29H30Cl2IN3O5. The normalized spacial score (nSPS) is 11.8. The van der Waals surface area contributed by atoms with E-state index in [4.69, 9.17) is 37.4 Å². The lowest BCUT2D eigenvalue weighted by Gasteiger charge is -2.20. The highest BCUT2D eigenvalue weighted by Gasteiger charge is 2.24. The van der Waals surface area contributed by atoms with Crippen LogP contribution >= 0.6 is 45.8 Å². The van der Waals surface area contributed by atoms with Gasteiger partial charge in [0.2, 0.25) is 0 Å². The largest absolute Gasteiger partial charge is 0.497 e. The Morgan fingerprint density at radius 3 is 2.40 bits per heavy atom. The Labute approximate surface area is 257 Å². The number of carbonyl (C=O) groups excluding carboxylic acids is 2. The molecule has 0 spiro atoms. The van der Waals surface area contributed by atoms with Crippen LogP contribution in [0.1, 0.15) is 42.3 Å². The zero-order valence-corrected chi connectivity index (χ0v) is 26.1. The van der Waals surface area contributed by atoms with E-state index in [0.717, 1.165) is 9.13 Å². The average molecular weight is 698 g/mol. The van der Waals surface area contributed by atoms with Crippen LogP contribution in [-0.2, 0) is 11.4 Å². The van der Waals surface area contributed by atoms with Crippen LogP contribution in [0.4, 0.5) is 0 Å². The Hall–Kier alpha value is -3.02. The van der Waals surface area contributed by atoms with Crippen LogP contribution in [0.5, 0.6) is 17.2 Å². The lowest BCUT2D eigenvalue weighted by atomic mass is 10.0. The molecular weight excluding hydrogens is 668 g/mol. The van der Waals surface area contributed by atoms with Gasteiger partial charge in [0.1, 0.15) is 18.4 Å². The van der Waals surface area contributed by atoms with E-state index in [-0.39, 0.29) is 18.4 Å². The number of rotatable bonds is 12. The summed E-state index contributed by atoms with van der Waals surface area (Å²) < 4.78 is 17.8. The Kier molecular flexibility index (Phi) is 11.9. The second-order valence-electron chi connectivity index (χ2n) is 8.95. The third-order valence-electron chi connectivity index (χ3n) is 5.70. The summed E-state index contributed by atoms with van der Waals surface area (Å²) in [6, 6.07) is 14.7. The first-order chi connectivity index (χ1) is 19.1. The first kappa shape index (κ1) is 31.5. The SMILES string of the molecule is CCOc1cc(C=NNC(=O)C(NC(=O)c2ccc(OC)cc2)C(C)C)cc(I)c1OCc1ccc(Cl)cc1Cl. The number of nitrogens with one attached hydrogen (secondary N) is 2. The lowest BCUT2D eigenvalue weighted by molar-refractivity contribution is -0.123. The standard InChI is InChI=1S/C29H30Cl2IN3O5/c1-5-39-25-13-18(12-24(32)27(25)40-16-20-6-9-21(30)14-23(20)31)15-33-35-29(37)26(17(2)3)34-28(36)19-7-10-22(38-4)11-8-19/h6-15,17,26H,5,16H2,1-4H3,(H,34,36)(H,35,37). The molecule has 0 aliphatic rings. The number of benzene rings is 3. The molecule has 0 saturated carbocycles. The van der Waals surface area contributed by atoms with E-state index in [0.29, 0.717) is 45.0 Å². The van der Waals surface area contributed by atoms with Crippen LogP contribution in [0, 0.1) is 9.49 Å². The number of amides is 2. The molecule has 0 fully saturated rings. The summed E-state index contributed by atoms with van der Waals surface area (Å²) >= 11 is 14.4. The summed E-state index contributed by atoms with van der Waals surface area (Å²) in [5, 5.41) is 7.95. The van der Waals surface area contributed by atoms with Crippen molar-refractivity contribution in [2.75, 3.05) is 13.7 Å². The molecule has 8 nitrogen and oxygen atoms in total. The Morgan fingerprint density at radius 1 is 1.05 bits per heavy atom. The van der Waals surface area contributed by atoms with Gasteiger partial charge in [-0.05, 0) is 89.5 Å². The third kappa shape index (κ3) is 8.74. The van der Waals surface area contributed by atoms with Crippen LogP contribution in [0.25, 0.3) is 0 Å². The summed E-state index contributed by atoms with van der Waals surface area (Å²) in [5.41, 5.74) is 4.42. The van der Waals surface area contributed by atoms with Gasteiger partial charge >= 0.3 is 0 Å². The number of ether oxygens (including phenoxy) is 3. The number of hydrazone groups is 1. The number of methoxy groups -OCH3 is 1. The van der Waals surface area contributed by atoms with Crippen molar-refractivity contribution in [2.24, 2.45) is 11.0 Å². The molecule has 3 rings (SSSR count). The van der Waals surface area contributed by atoms with Crippen molar-refractivity contribution >= 4 is 63.8 Å². The zero-order chi connectivity index (χ0) is 29.2. The molecule has 40 heavy (non-hydrogen) atoms. The van der Waals surface area contributed by atoms with Crippen molar-refractivity contribution < 1.29 is 23.8 Å². The number of halogens is 3. The monoisotopic (exact) mass is 697 g/mol. The molecule has 0 saturated heterocycles. The van der Waals surface area contributed by atoms with E-state index in [1.807, 2.05) is 32.9 Å².